The maximum absolute atomic E-state index is 13.0. The Balaban J connectivity index is 1.38. The van der Waals surface area contributed by atoms with Crippen molar-refractivity contribution >= 4 is 11.8 Å². The Kier molecular flexibility index (Phi) is 5.80. The van der Waals surface area contributed by atoms with Crippen molar-refractivity contribution in [3.8, 4) is 11.4 Å². The number of hydrogen-bond acceptors (Lipinski definition) is 3. The molecule has 6 nitrogen and oxygen atoms in total. The van der Waals surface area contributed by atoms with Crippen LogP contribution in [0.1, 0.15) is 32.1 Å². The minimum absolute atomic E-state index is 0.00375. The maximum Gasteiger partial charge on any atom is 0.253 e. The Morgan fingerprint density at radius 1 is 0.677 bits per heavy atom. The third-order valence-corrected chi connectivity index (χ3v) is 5.83. The van der Waals surface area contributed by atoms with Crippen LogP contribution in [0.15, 0.2) is 60.7 Å². The second-order valence-corrected chi connectivity index (χ2v) is 7.81. The first kappa shape index (κ1) is 20.7. The Bertz CT molecular complexity index is 1060. The monoisotopic (exact) mass is 417 g/mol. The van der Waals surface area contributed by atoms with Gasteiger partial charge < -0.3 is 19.1 Å². The van der Waals surface area contributed by atoms with Crippen molar-refractivity contribution < 1.29 is 14.3 Å². The first-order valence-corrected chi connectivity index (χ1v) is 10.5. The van der Waals surface area contributed by atoms with Crippen LogP contribution in [0.5, 0.6) is 5.75 Å². The number of carbonyl (C=O) groups excluding carboxylic acids is 2. The highest BCUT2D eigenvalue weighted by atomic mass is 16.5. The molecule has 4 rings (SSSR count). The maximum atomic E-state index is 13.0. The molecule has 1 saturated heterocycles. The van der Waals surface area contributed by atoms with Crippen LogP contribution in [-0.4, -0.2) is 59.5 Å². The number of piperazine rings is 1. The van der Waals surface area contributed by atoms with Crippen molar-refractivity contribution in [2.24, 2.45) is 0 Å². The molecule has 0 radical (unpaired) electrons. The van der Waals surface area contributed by atoms with Gasteiger partial charge in [-0.1, -0.05) is 0 Å². The number of aromatic nitrogens is 1. The normalized spacial score (nSPS) is 13.9. The van der Waals surface area contributed by atoms with Gasteiger partial charge in [-0.2, -0.15) is 0 Å². The van der Waals surface area contributed by atoms with E-state index < -0.39 is 0 Å². The Hall–Kier alpha value is -3.54. The van der Waals surface area contributed by atoms with Gasteiger partial charge in [-0.3, -0.25) is 9.59 Å². The third-order valence-electron chi connectivity index (χ3n) is 5.83. The molecule has 0 atom stereocenters. The zero-order valence-corrected chi connectivity index (χ0v) is 18.2. The van der Waals surface area contributed by atoms with Crippen molar-refractivity contribution in [2.45, 2.75) is 13.8 Å². The molecule has 0 aliphatic carbocycles. The zero-order valence-electron chi connectivity index (χ0n) is 18.2. The van der Waals surface area contributed by atoms with E-state index in [0.717, 1.165) is 22.8 Å². The van der Waals surface area contributed by atoms with Crippen LogP contribution in [0.3, 0.4) is 0 Å². The lowest BCUT2D eigenvalue weighted by Gasteiger charge is -2.35. The van der Waals surface area contributed by atoms with E-state index in [9.17, 15) is 9.59 Å². The lowest BCUT2D eigenvalue weighted by Crippen LogP contribution is -2.50. The smallest absolute Gasteiger partial charge is 0.253 e. The van der Waals surface area contributed by atoms with Crippen LogP contribution in [-0.2, 0) is 0 Å². The van der Waals surface area contributed by atoms with Crippen LogP contribution in [0.2, 0.25) is 0 Å². The number of ether oxygens (including phenoxy) is 1. The molecule has 1 aliphatic heterocycles. The quantitative estimate of drug-likeness (QED) is 0.650. The second-order valence-electron chi connectivity index (χ2n) is 7.81. The van der Waals surface area contributed by atoms with Crippen LogP contribution in [0.25, 0.3) is 5.69 Å². The molecule has 1 fully saturated rings. The molecule has 0 unspecified atom stereocenters. The van der Waals surface area contributed by atoms with Crippen LogP contribution >= 0.6 is 0 Å². The van der Waals surface area contributed by atoms with Gasteiger partial charge in [0.25, 0.3) is 11.8 Å². The van der Waals surface area contributed by atoms with Crippen molar-refractivity contribution in [2.75, 3.05) is 33.3 Å². The fourth-order valence-corrected chi connectivity index (χ4v) is 4.04. The molecule has 0 spiro atoms. The van der Waals surface area contributed by atoms with E-state index in [2.05, 4.69) is 30.5 Å². The Morgan fingerprint density at radius 2 is 1.10 bits per heavy atom. The summed E-state index contributed by atoms with van der Waals surface area (Å²) in [4.78, 5) is 29.3. The predicted molar refractivity (Wildman–Crippen MR) is 120 cm³/mol. The summed E-state index contributed by atoms with van der Waals surface area (Å²) in [7, 11) is 1.60. The van der Waals surface area contributed by atoms with Gasteiger partial charge in [0.2, 0.25) is 0 Å². The number of amides is 2. The lowest BCUT2D eigenvalue weighted by molar-refractivity contribution is 0.0535. The van der Waals surface area contributed by atoms with Crippen molar-refractivity contribution in [1.29, 1.82) is 0 Å². The largest absolute Gasteiger partial charge is 0.497 e. The molecule has 2 amide bonds. The Labute approximate surface area is 182 Å². The fourth-order valence-electron chi connectivity index (χ4n) is 4.04. The standard InChI is InChI=1S/C25H27N3O3/c1-18-4-5-19(2)28(18)22-10-6-20(7-11-22)24(29)26-14-16-27(17-15-26)25(30)21-8-12-23(31-3)13-9-21/h4-13H,14-17H2,1-3H3. The van der Waals surface area contributed by atoms with Gasteiger partial charge in [0.15, 0.2) is 0 Å². The second kappa shape index (κ2) is 8.68. The summed E-state index contributed by atoms with van der Waals surface area (Å²) in [5.74, 6) is 0.709. The summed E-state index contributed by atoms with van der Waals surface area (Å²) < 4.78 is 7.31. The molecule has 0 N–H and O–H groups in total. The number of nitrogens with zero attached hydrogens (tertiary/aromatic N) is 3. The van der Waals surface area contributed by atoms with E-state index in [1.165, 1.54) is 0 Å². The molecule has 1 aromatic heterocycles. The SMILES string of the molecule is COc1ccc(C(=O)N2CCN(C(=O)c3ccc(-n4c(C)ccc4C)cc3)CC2)cc1. The summed E-state index contributed by atoms with van der Waals surface area (Å²) in [5, 5.41) is 0. The van der Waals surface area contributed by atoms with E-state index in [0.29, 0.717) is 37.3 Å². The van der Waals surface area contributed by atoms with Gasteiger partial charge in [0.1, 0.15) is 5.75 Å². The molecule has 3 aromatic rings. The minimum Gasteiger partial charge on any atom is -0.497 e. The number of benzene rings is 2. The summed E-state index contributed by atoms with van der Waals surface area (Å²) >= 11 is 0. The number of methoxy groups -OCH3 is 1. The van der Waals surface area contributed by atoms with Gasteiger partial charge in [0, 0.05) is 54.4 Å². The van der Waals surface area contributed by atoms with E-state index in [1.54, 1.807) is 36.3 Å². The van der Waals surface area contributed by atoms with Crippen LogP contribution in [0, 0.1) is 13.8 Å². The molecule has 2 aromatic carbocycles. The molecule has 6 heteroatoms. The van der Waals surface area contributed by atoms with Crippen molar-refractivity contribution in [1.82, 2.24) is 14.4 Å². The zero-order chi connectivity index (χ0) is 22.0. The molecule has 2 heterocycles. The van der Waals surface area contributed by atoms with Gasteiger partial charge >= 0.3 is 0 Å². The average Bonchev–Trinajstić information content (AvgIpc) is 3.16. The van der Waals surface area contributed by atoms with Gasteiger partial charge in [-0.15, -0.1) is 0 Å². The molecule has 1 aliphatic rings. The van der Waals surface area contributed by atoms with E-state index >= 15 is 0 Å². The lowest BCUT2D eigenvalue weighted by atomic mass is 10.1. The van der Waals surface area contributed by atoms with Crippen molar-refractivity contribution in [3.63, 3.8) is 0 Å². The fraction of sp³-hybridized carbons (Fsp3) is 0.280. The summed E-state index contributed by atoms with van der Waals surface area (Å²) in [6.45, 7) is 6.24. The van der Waals surface area contributed by atoms with Crippen molar-refractivity contribution in [3.05, 3.63) is 83.2 Å². The van der Waals surface area contributed by atoms with Crippen LogP contribution in [0.4, 0.5) is 0 Å². The van der Waals surface area contributed by atoms with E-state index in [-0.39, 0.29) is 11.8 Å². The molecular weight excluding hydrogens is 390 g/mol. The Morgan fingerprint density at radius 3 is 1.52 bits per heavy atom. The molecule has 0 bridgehead atoms. The minimum atomic E-state index is -0.0171. The molecular formula is C25H27N3O3. The number of aryl methyl sites for hydroxylation is 2. The number of carbonyl (C=O) groups is 2. The van der Waals surface area contributed by atoms with Crippen LogP contribution < -0.4 is 4.74 Å². The molecule has 31 heavy (non-hydrogen) atoms. The van der Waals surface area contributed by atoms with Gasteiger partial charge in [0.05, 0.1) is 7.11 Å². The average molecular weight is 418 g/mol. The summed E-state index contributed by atoms with van der Waals surface area (Å²) in [5.41, 5.74) is 4.67. The van der Waals surface area contributed by atoms with E-state index in [1.807, 2.05) is 29.2 Å². The summed E-state index contributed by atoms with van der Waals surface area (Å²) in [6, 6.07) is 19.0. The highest BCUT2D eigenvalue weighted by Gasteiger charge is 2.25. The third kappa shape index (κ3) is 4.19. The molecule has 0 saturated carbocycles. The number of hydrogen-bond donors (Lipinski definition) is 0. The first-order chi connectivity index (χ1) is 15.0. The van der Waals surface area contributed by atoms with E-state index in [4.69, 9.17) is 4.74 Å². The highest BCUT2D eigenvalue weighted by Crippen LogP contribution is 2.19. The molecule has 160 valence electrons. The van der Waals surface area contributed by atoms with Gasteiger partial charge in [-0.05, 0) is 74.5 Å². The predicted octanol–water partition coefficient (Wildman–Crippen LogP) is 3.70. The highest BCUT2D eigenvalue weighted by molar-refractivity contribution is 5.96. The first-order valence-electron chi connectivity index (χ1n) is 10.5. The number of rotatable bonds is 4. The van der Waals surface area contributed by atoms with Gasteiger partial charge in [-0.25, -0.2) is 0 Å². The summed E-state index contributed by atoms with van der Waals surface area (Å²) in [6.07, 6.45) is 0. The topological polar surface area (TPSA) is 54.8 Å².